The maximum Gasteiger partial charge on any atom is 0.244 e. The van der Waals surface area contributed by atoms with Crippen molar-refractivity contribution in [2.24, 2.45) is 0 Å². The van der Waals surface area contributed by atoms with Crippen LogP contribution in [0.4, 0.5) is 0 Å². The van der Waals surface area contributed by atoms with Gasteiger partial charge >= 0.3 is 0 Å². The first-order valence-electron chi connectivity index (χ1n) is 8.18. The van der Waals surface area contributed by atoms with Gasteiger partial charge in [-0.1, -0.05) is 13.0 Å². The van der Waals surface area contributed by atoms with Crippen LogP contribution in [0, 0.1) is 6.92 Å². The Morgan fingerprint density at radius 2 is 2.25 bits per heavy atom. The molecule has 7 heteroatoms. The quantitative estimate of drug-likeness (QED) is 0.899. The van der Waals surface area contributed by atoms with Crippen molar-refractivity contribution in [1.82, 2.24) is 19.6 Å². The van der Waals surface area contributed by atoms with Gasteiger partial charge in [0, 0.05) is 24.1 Å². The molecule has 0 bridgehead atoms. The summed E-state index contributed by atoms with van der Waals surface area (Å²) in [5.74, 6) is 1.22. The van der Waals surface area contributed by atoms with E-state index in [1.54, 1.807) is 16.7 Å². The van der Waals surface area contributed by atoms with Crippen LogP contribution in [0.5, 0.6) is 0 Å². The molecule has 1 N–H and O–H groups in total. The normalized spacial score (nSPS) is 17.4. The molecule has 2 aromatic rings. The predicted molar refractivity (Wildman–Crippen MR) is 94.6 cm³/mol. The number of nitrogens with one attached hydrogen (secondary N) is 1. The average Bonchev–Trinajstić information content (AvgIpc) is 3.20. The Morgan fingerprint density at radius 3 is 3.00 bits per heavy atom. The van der Waals surface area contributed by atoms with Gasteiger partial charge in [-0.3, -0.25) is 9.59 Å². The third kappa shape index (κ3) is 3.40. The highest BCUT2D eigenvalue weighted by Gasteiger charge is 2.33. The van der Waals surface area contributed by atoms with Crippen LogP contribution < -0.4 is 5.32 Å². The molecule has 0 saturated carbocycles. The SMILES string of the molecule is CCCC(=O)N1CSCC1C(=O)NCc1cn2c(C)cccc2n1. The number of imidazole rings is 1. The molecule has 1 aliphatic rings. The molecule has 0 aromatic carbocycles. The Bertz CT molecular complexity index is 758. The van der Waals surface area contributed by atoms with E-state index >= 15 is 0 Å². The minimum Gasteiger partial charge on any atom is -0.349 e. The highest BCUT2D eigenvalue weighted by Crippen LogP contribution is 2.22. The predicted octanol–water partition coefficient (Wildman–Crippen LogP) is 1.96. The van der Waals surface area contributed by atoms with E-state index in [1.165, 1.54) is 0 Å². The van der Waals surface area contributed by atoms with Crippen LogP contribution in [-0.4, -0.2) is 43.8 Å². The molecule has 0 aliphatic carbocycles. The van der Waals surface area contributed by atoms with E-state index in [1.807, 2.05) is 42.6 Å². The van der Waals surface area contributed by atoms with Gasteiger partial charge in [0.05, 0.1) is 18.1 Å². The molecule has 128 valence electrons. The average molecular weight is 346 g/mol. The Balaban J connectivity index is 1.63. The molecule has 3 heterocycles. The van der Waals surface area contributed by atoms with Crippen LogP contribution in [0.1, 0.15) is 31.2 Å². The smallest absolute Gasteiger partial charge is 0.244 e. The lowest BCUT2D eigenvalue weighted by atomic mass is 10.2. The van der Waals surface area contributed by atoms with Crippen molar-refractivity contribution in [1.29, 1.82) is 0 Å². The lowest BCUT2D eigenvalue weighted by Gasteiger charge is -2.22. The summed E-state index contributed by atoms with van der Waals surface area (Å²) in [6, 6.07) is 5.56. The number of thioether (sulfide) groups is 1. The highest BCUT2D eigenvalue weighted by atomic mass is 32.2. The van der Waals surface area contributed by atoms with Gasteiger partial charge in [-0.15, -0.1) is 11.8 Å². The monoisotopic (exact) mass is 346 g/mol. The fraction of sp³-hybridized carbons (Fsp3) is 0.471. The number of aromatic nitrogens is 2. The standard InChI is InChI=1S/C17H22N4O2S/c1-3-5-16(22)21-11-24-10-14(21)17(23)18-8-13-9-20-12(2)6-4-7-15(20)19-13/h4,6-7,9,14H,3,5,8,10-11H2,1-2H3,(H,18,23). The molecule has 1 saturated heterocycles. The number of carbonyl (C=O) groups excluding carboxylic acids is 2. The van der Waals surface area contributed by atoms with E-state index in [0.717, 1.165) is 23.5 Å². The molecular weight excluding hydrogens is 324 g/mol. The summed E-state index contributed by atoms with van der Waals surface area (Å²) < 4.78 is 2.00. The number of amides is 2. The van der Waals surface area contributed by atoms with Crippen LogP contribution in [0.15, 0.2) is 24.4 Å². The van der Waals surface area contributed by atoms with E-state index in [4.69, 9.17) is 0 Å². The number of hydrogen-bond acceptors (Lipinski definition) is 4. The maximum atomic E-state index is 12.5. The van der Waals surface area contributed by atoms with Gasteiger partial charge in [0.15, 0.2) is 0 Å². The van der Waals surface area contributed by atoms with Gasteiger partial charge in [-0.05, 0) is 25.5 Å². The van der Waals surface area contributed by atoms with Gasteiger partial charge in [-0.25, -0.2) is 4.98 Å². The zero-order valence-electron chi connectivity index (χ0n) is 14.0. The first-order chi connectivity index (χ1) is 11.6. The summed E-state index contributed by atoms with van der Waals surface area (Å²) in [5, 5.41) is 2.93. The summed E-state index contributed by atoms with van der Waals surface area (Å²) in [4.78, 5) is 30.8. The van der Waals surface area contributed by atoms with Crippen molar-refractivity contribution in [3.8, 4) is 0 Å². The lowest BCUT2D eigenvalue weighted by molar-refractivity contribution is -0.138. The van der Waals surface area contributed by atoms with Crippen molar-refractivity contribution in [3.05, 3.63) is 35.8 Å². The number of rotatable bonds is 5. The summed E-state index contributed by atoms with van der Waals surface area (Å²) in [5.41, 5.74) is 2.78. The van der Waals surface area contributed by atoms with Crippen molar-refractivity contribution < 1.29 is 9.59 Å². The number of hydrogen-bond donors (Lipinski definition) is 1. The van der Waals surface area contributed by atoms with Crippen LogP contribution >= 0.6 is 11.8 Å². The Kier molecular flexibility index (Phi) is 5.08. The Morgan fingerprint density at radius 1 is 1.42 bits per heavy atom. The molecule has 0 spiro atoms. The molecule has 0 radical (unpaired) electrons. The third-order valence-corrected chi connectivity index (χ3v) is 5.17. The number of pyridine rings is 1. The number of carbonyl (C=O) groups is 2. The summed E-state index contributed by atoms with van der Waals surface area (Å²) in [6.07, 6.45) is 3.24. The van der Waals surface area contributed by atoms with Gasteiger partial charge < -0.3 is 14.6 Å². The second-order valence-electron chi connectivity index (χ2n) is 5.97. The van der Waals surface area contributed by atoms with E-state index in [-0.39, 0.29) is 17.9 Å². The molecule has 2 aromatic heterocycles. The van der Waals surface area contributed by atoms with Gasteiger partial charge in [0.1, 0.15) is 11.7 Å². The maximum absolute atomic E-state index is 12.5. The molecule has 2 amide bonds. The third-order valence-electron chi connectivity index (χ3n) is 4.16. The molecule has 1 aliphatic heterocycles. The fourth-order valence-corrected chi connectivity index (χ4v) is 4.02. The van der Waals surface area contributed by atoms with Crippen molar-refractivity contribution >= 4 is 29.2 Å². The van der Waals surface area contributed by atoms with E-state index < -0.39 is 0 Å². The fourth-order valence-electron chi connectivity index (χ4n) is 2.84. The summed E-state index contributed by atoms with van der Waals surface area (Å²) >= 11 is 1.62. The van der Waals surface area contributed by atoms with Gasteiger partial charge in [0.2, 0.25) is 11.8 Å². The first-order valence-corrected chi connectivity index (χ1v) is 9.34. The highest BCUT2D eigenvalue weighted by molar-refractivity contribution is 7.99. The van der Waals surface area contributed by atoms with Crippen LogP contribution in [0.2, 0.25) is 0 Å². The van der Waals surface area contributed by atoms with E-state index in [0.29, 0.717) is 24.6 Å². The van der Waals surface area contributed by atoms with Crippen molar-refractivity contribution in [3.63, 3.8) is 0 Å². The van der Waals surface area contributed by atoms with Crippen LogP contribution in [0.25, 0.3) is 5.65 Å². The molecule has 1 unspecified atom stereocenters. The van der Waals surface area contributed by atoms with Crippen molar-refractivity contribution in [2.75, 3.05) is 11.6 Å². The van der Waals surface area contributed by atoms with E-state index in [2.05, 4.69) is 10.3 Å². The van der Waals surface area contributed by atoms with Crippen LogP contribution in [-0.2, 0) is 16.1 Å². The second kappa shape index (κ2) is 7.25. The van der Waals surface area contributed by atoms with Gasteiger partial charge in [0.25, 0.3) is 0 Å². The molecule has 3 rings (SSSR count). The number of fused-ring (bicyclic) bond motifs is 1. The molecule has 1 fully saturated rings. The molecule has 1 atom stereocenters. The minimum absolute atomic E-state index is 0.0611. The second-order valence-corrected chi connectivity index (χ2v) is 6.97. The van der Waals surface area contributed by atoms with Crippen LogP contribution in [0.3, 0.4) is 0 Å². The minimum atomic E-state index is -0.368. The Labute approximate surface area is 145 Å². The first kappa shape index (κ1) is 16.8. The molecule has 6 nitrogen and oxygen atoms in total. The largest absolute Gasteiger partial charge is 0.349 e. The molecule has 24 heavy (non-hydrogen) atoms. The van der Waals surface area contributed by atoms with E-state index in [9.17, 15) is 9.59 Å². The number of nitrogens with zero attached hydrogens (tertiary/aromatic N) is 3. The lowest BCUT2D eigenvalue weighted by Crippen LogP contribution is -2.47. The summed E-state index contributed by atoms with van der Waals surface area (Å²) in [6.45, 7) is 4.36. The summed E-state index contributed by atoms with van der Waals surface area (Å²) in [7, 11) is 0. The van der Waals surface area contributed by atoms with Gasteiger partial charge in [-0.2, -0.15) is 0 Å². The zero-order valence-corrected chi connectivity index (χ0v) is 14.8. The molecular formula is C17H22N4O2S. The zero-order chi connectivity index (χ0) is 17.1. The Hall–Kier alpha value is -2.02. The number of aryl methyl sites for hydroxylation is 1. The van der Waals surface area contributed by atoms with Crippen molar-refractivity contribution in [2.45, 2.75) is 39.3 Å². The topological polar surface area (TPSA) is 66.7 Å².